The monoisotopic (exact) mass is 383 g/mol. The molecule has 0 saturated heterocycles. The molecule has 1 heterocycles. The molecule has 0 spiro atoms. The summed E-state index contributed by atoms with van der Waals surface area (Å²) in [5.74, 6) is 1.56. The largest absolute Gasteiger partial charge is 0.454 e. The van der Waals surface area contributed by atoms with Crippen molar-refractivity contribution >= 4 is 0 Å². The van der Waals surface area contributed by atoms with Gasteiger partial charge in [0.2, 0.25) is 6.79 Å². The van der Waals surface area contributed by atoms with Crippen LogP contribution in [0, 0.1) is 13.8 Å². The molecule has 150 valence electrons. The molecule has 0 fully saturated rings. The van der Waals surface area contributed by atoms with Crippen molar-refractivity contribution in [2.45, 2.75) is 33.0 Å². The number of nitrogens with zero attached hydrogens (tertiary/aromatic N) is 1. The fraction of sp³-hybridized carbons (Fsp3) is 0.391. The first-order chi connectivity index (χ1) is 13.5. The lowest BCUT2D eigenvalue weighted by Gasteiger charge is -2.26. The Kier molecular flexibility index (Phi) is 7.09. The highest BCUT2D eigenvalue weighted by molar-refractivity contribution is 5.44. The van der Waals surface area contributed by atoms with Gasteiger partial charge in [-0.1, -0.05) is 35.9 Å². The zero-order valence-electron chi connectivity index (χ0n) is 16.7. The summed E-state index contributed by atoms with van der Waals surface area (Å²) in [4.78, 5) is 2.24. The summed E-state index contributed by atoms with van der Waals surface area (Å²) < 4.78 is 16.3. The average Bonchev–Trinajstić information content (AvgIpc) is 3.12. The maximum atomic E-state index is 10.4. The summed E-state index contributed by atoms with van der Waals surface area (Å²) in [5, 5.41) is 10.4. The maximum Gasteiger partial charge on any atom is 0.231 e. The molecule has 0 bridgehead atoms. The van der Waals surface area contributed by atoms with E-state index in [1.807, 2.05) is 18.2 Å². The van der Waals surface area contributed by atoms with Crippen molar-refractivity contribution in [3.63, 3.8) is 0 Å². The van der Waals surface area contributed by atoms with Gasteiger partial charge >= 0.3 is 0 Å². The fourth-order valence-electron chi connectivity index (χ4n) is 3.33. The molecular formula is C23H29NO4. The third-order valence-electron chi connectivity index (χ3n) is 4.76. The second kappa shape index (κ2) is 9.73. The van der Waals surface area contributed by atoms with Crippen LogP contribution in [0.2, 0.25) is 0 Å². The van der Waals surface area contributed by atoms with Crippen molar-refractivity contribution in [2.24, 2.45) is 0 Å². The third kappa shape index (κ3) is 5.58. The Morgan fingerprint density at radius 3 is 2.79 bits per heavy atom. The summed E-state index contributed by atoms with van der Waals surface area (Å²) in [6.45, 7) is 10.8. The first-order valence-electron chi connectivity index (χ1n) is 9.59. The molecule has 5 heteroatoms. The quantitative estimate of drug-likeness (QED) is 0.502. The lowest BCUT2D eigenvalue weighted by molar-refractivity contribution is 0.0228. The maximum absolute atomic E-state index is 10.4. The van der Waals surface area contributed by atoms with Crippen LogP contribution in [0.5, 0.6) is 11.5 Å². The molecule has 28 heavy (non-hydrogen) atoms. The van der Waals surface area contributed by atoms with E-state index >= 15 is 0 Å². The second-order valence-electron chi connectivity index (χ2n) is 7.27. The van der Waals surface area contributed by atoms with Crippen LogP contribution in [0.25, 0.3) is 0 Å². The first kappa shape index (κ1) is 20.4. The zero-order chi connectivity index (χ0) is 19.9. The molecule has 1 aliphatic heterocycles. The Labute approximate surface area is 167 Å². The van der Waals surface area contributed by atoms with Crippen LogP contribution in [0.3, 0.4) is 0 Å². The van der Waals surface area contributed by atoms with Crippen molar-refractivity contribution in [1.29, 1.82) is 0 Å². The van der Waals surface area contributed by atoms with E-state index in [4.69, 9.17) is 14.2 Å². The summed E-state index contributed by atoms with van der Waals surface area (Å²) in [6, 6.07) is 12.5. The number of aryl methyl sites for hydroxylation is 2. The lowest BCUT2D eigenvalue weighted by Crippen LogP contribution is -2.34. The SMILES string of the molecule is C=CCOC[C@@H](O)CN(Cc1ccc2c(c1)OCO2)Cc1cc(C)ccc1C. The Hall–Kier alpha value is -2.34. The number of aliphatic hydroxyl groups is 1. The van der Waals surface area contributed by atoms with E-state index in [2.05, 4.69) is 43.5 Å². The number of ether oxygens (including phenoxy) is 3. The first-order valence-corrected chi connectivity index (χ1v) is 9.59. The van der Waals surface area contributed by atoms with Gasteiger partial charge in [-0.2, -0.15) is 0 Å². The number of fused-ring (bicyclic) bond motifs is 1. The van der Waals surface area contributed by atoms with Crippen LogP contribution >= 0.6 is 0 Å². The molecule has 5 nitrogen and oxygen atoms in total. The van der Waals surface area contributed by atoms with Gasteiger partial charge in [0.15, 0.2) is 11.5 Å². The van der Waals surface area contributed by atoms with E-state index in [0.717, 1.165) is 23.6 Å². The average molecular weight is 383 g/mol. The minimum Gasteiger partial charge on any atom is -0.454 e. The van der Waals surface area contributed by atoms with E-state index in [9.17, 15) is 5.11 Å². The smallest absolute Gasteiger partial charge is 0.231 e. The summed E-state index contributed by atoms with van der Waals surface area (Å²) in [5.41, 5.74) is 4.87. The Morgan fingerprint density at radius 2 is 1.96 bits per heavy atom. The van der Waals surface area contributed by atoms with Crippen LogP contribution in [0.4, 0.5) is 0 Å². The number of hydrogen-bond donors (Lipinski definition) is 1. The predicted octanol–water partition coefficient (Wildman–Crippen LogP) is 3.60. The van der Waals surface area contributed by atoms with E-state index in [-0.39, 0.29) is 13.4 Å². The second-order valence-corrected chi connectivity index (χ2v) is 7.27. The van der Waals surface area contributed by atoms with Crippen molar-refractivity contribution in [2.75, 3.05) is 26.6 Å². The van der Waals surface area contributed by atoms with Gasteiger partial charge in [0.1, 0.15) is 0 Å². The van der Waals surface area contributed by atoms with Crippen molar-refractivity contribution in [3.05, 3.63) is 71.3 Å². The lowest BCUT2D eigenvalue weighted by atomic mass is 10.0. The number of rotatable bonds is 10. The normalized spacial score (nSPS) is 13.7. The molecule has 0 aliphatic carbocycles. The number of benzene rings is 2. The van der Waals surface area contributed by atoms with Gasteiger partial charge in [0.25, 0.3) is 0 Å². The molecule has 0 unspecified atom stereocenters. The van der Waals surface area contributed by atoms with E-state index in [0.29, 0.717) is 19.7 Å². The molecule has 1 aliphatic rings. The summed E-state index contributed by atoms with van der Waals surface area (Å²) in [6.07, 6.45) is 1.12. The third-order valence-corrected chi connectivity index (χ3v) is 4.76. The van der Waals surface area contributed by atoms with Crippen LogP contribution in [0.1, 0.15) is 22.3 Å². The Morgan fingerprint density at radius 1 is 1.14 bits per heavy atom. The van der Waals surface area contributed by atoms with Gasteiger partial charge in [0.05, 0.1) is 19.3 Å². The van der Waals surface area contributed by atoms with Crippen molar-refractivity contribution in [3.8, 4) is 11.5 Å². The van der Waals surface area contributed by atoms with E-state index in [1.165, 1.54) is 16.7 Å². The minimum atomic E-state index is -0.570. The van der Waals surface area contributed by atoms with E-state index in [1.54, 1.807) is 6.08 Å². The zero-order valence-corrected chi connectivity index (χ0v) is 16.7. The highest BCUT2D eigenvalue weighted by Crippen LogP contribution is 2.33. The summed E-state index contributed by atoms with van der Waals surface area (Å²) in [7, 11) is 0. The molecule has 0 aromatic heterocycles. The van der Waals surface area contributed by atoms with Gasteiger partial charge in [0, 0.05) is 19.6 Å². The Bertz CT molecular complexity index is 805. The standard InChI is InChI=1S/C23H29NO4/c1-4-9-26-15-21(25)14-24(13-20-10-17(2)5-6-18(20)3)12-19-7-8-22-23(11-19)28-16-27-22/h4-8,10-11,21,25H,1,9,12-16H2,2-3H3/t21-/m0/s1. The minimum absolute atomic E-state index is 0.268. The van der Waals surface area contributed by atoms with Crippen molar-refractivity contribution in [1.82, 2.24) is 4.90 Å². The molecule has 2 aromatic rings. The molecule has 1 N–H and O–H groups in total. The Balaban J connectivity index is 1.73. The molecule has 2 aromatic carbocycles. The van der Waals surface area contributed by atoms with Crippen molar-refractivity contribution < 1.29 is 19.3 Å². The van der Waals surface area contributed by atoms with Crippen LogP contribution in [-0.4, -0.2) is 42.7 Å². The molecule has 0 radical (unpaired) electrons. The highest BCUT2D eigenvalue weighted by atomic mass is 16.7. The van der Waals surface area contributed by atoms with Gasteiger partial charge in [-0.05, 0) is 42.7 Å². The van der Waals surface area contributed by atoms with E-state index < -0.39 is 6.10 Å². The van der Waals surface area contributed by atoms with Gasteiger partial charge < -0.3 is 19.3 Å². The van der Waals surface area contributed by atoms with Gasteiger partial charge in [-0.25, -0.2) is 0 Å². The van der Waals surface area contributed by atoms with Crippen LogP contribution in [-0.2, 0) is 17.8 Å². The molecule has 3 rings (SSSR count). The van der Waals surface area contributed by atoms with Gasteiger partial charge in [-0.3, -0.25) is 4.90 Å². The number of aliphatic hydroxyl groups excluding tert-OH is 1. The predicted molar refractivity (Wildman–Crippen MR) is 110 cm³/mol. The topological polar surface area (TPSA) is 51.2 Å². The fourth-order valence-corrected chi connectivity index (χ4v) is 3.33. The molecular weight excluding hydrogens is 354 g/mol. The molecule has 0 saturated carbocycles. The van der Waals surface area contributed by atoms with Crippen LogP contribution in [0.15, 0.2) is 49.1 Å². The molecule has 1 atom stereocenters. The van der Waals surface area contributed by atoms with Gasteiger partial charge in [-0.15, -0.1) is 6.58 Å². The number of hydrogen-bond acceptors (Lipinski definition) is 5. The van der Waals surface area contributed by atoms with Crippen LogP contribution < -0.4 is 9.47 Å². The highest BCUT2D eigenvalue weighted by Gasteiger charge is 2.17. The molecule has 0 amide bonds. The summed E-state index contributed by atoms with van der Waals surface area (Å²) >= 11 is 0.